The topological polar surface area (TPSA) is 46.3 Å². The van der Waals surface area contributed by atoms with Crippen LogP contribution in [0.15, 0.2) is 18.2 Å². The van der Waals surface area contributed by atoms with Crippen LogP contribution in [0.4, 0.5) is 4.39 Å². The molecule has 1 fully saturated rings. The van der Waals surface area contributed by atoms with E-state index in [-0.39, 0.29) is 30.2 Å². The van der Waals surface area contributed by atoms with Crippen molar-refractivity contribution in [3.8, 4) is 0 Å². The van der Waals surface area contributed by atoms with Gasteiger partial charge in [-0.1, -0.05) is 0 Å². The van der Waals surface area contributed by atoms with Crippen molar-refractivity contribution in [1.29, 1.82) is 0 Å². The maximum Gasteiger partial charge on any atom is 0.254 e. The average molecular weight is 333 g/mol. The van der Waals surface area contributed by atoms with Crippen molar-refractivity contribution in [3.05, 3.63) is 35.1 Å². The Morgan fingerprint density at radius 1 is 1.52 bits per heavy atom. The maximum atomic E-state index is 13.6. The van der Waals surface area contributed by atoms with Crippen LogP contribution in [0.1, 0.15) is 29.3 Å². The van der Waals surface area contributed by atoms with Gasteiger partial charge in [-0.25, -0.2) is 4.39 Å². The minimum atomic E-state index is -0.245. The third kappa shape index (κ3) is 4.11. The first-order valence-electron chi connectivity index (χ1n) is 6.85. The number of hydrogen-bond donors (Lipinski definition) is 1. The largest absolute Gasteiger partial charge is 0.336 e. The van der Waals surface area contributed by atoms with Crippen LogP contribution in [0.25, 0.3) is 0 Å². The van der Waals surface area contributed by atoms with Crippen molar-refractivity contribution in [2.24, 2.45) is 11.7 Å². The lowest BCUT2D eigenvalue weighted by Crippen LogP contribution is -2.34. The van der Waals surface area contributed by atoms with Crippen LogP contribution in [0.5, 0.6) is 0 Å². The summed E-state index contributed by atoms with van der Waals surface area (Å²) in [5, 5.41) is 0. The molecule has 0 aliphatic carbocycles. The maximum absolute atomic E-state index is 13.6. The Balaban J connectivity index is 0.00000220. The molecule has 1 saturated heterocycles. The highest BCUT2D eigenvalue weighted by Crippen LogP contribution is 2.25. The zero-order valence-corrected chi connectivity index (χ0v) is 14.0. The predicted octanol–water partition coefficient (Wildman–Crippen LogP) is 2.92. The normalized spacial score (nSPS) is 21.2. The van der Waals surface area contributed by atoms with E-state index < -0.39 is 0 Å². The summed E-state index contributed by atoms with van der Waals surface area (Å²) >= 11 is 1.54. The number of rotatable bonds is 4. The summed E-state index contributed by atoms with van der Waals surface area (Å²) in [7, 11) is 0. The molecule has 1 heterocycles. The van der Waals surface area contributed by atoms with Gasteiger partial charge < -0.3 is 10.6 Å². The molecule has 1 aromatic carbocycles. The lowest BCUT2D eigenvalue weighted by atomic mass is 10.1. The molecule has 0 saturated carbocycles. The number of carbonyl (C=O) groups excluding carboxylic acids is 1. The van der Waals surface area contributed by atoms with E-state index in [0.717, 1.165) is 6.42 Å². The molecule has 3 nitrogen and oxygen atoms in total. The van der Waals surface area contributed by atoms with E-state index in [9.17, 15) is 9.18 Å². The van der Waals surface area contributed by atoms with E-state index in [1.165, 1.54) is 6.07 Å². The molecule has 2 unspecified atom stereocenters. The van der Waals surface area contributed by atoms with Crippen LogP contribution >= 0.6 is 24.2 Å². The summed E-state index contributed by atoms with van der Waals surface area (Å²) in [5.41, 5.74) is 6.85. The lowest BCUT2D eigenvalue weighted by Gasteiger charge is -2.22. The second kappa shape index (κ2) is 8.01. The van der Waals surface area contributed by atoms with E-state index in [1.54, 1.807) is 23.9 Å². The van der Waals surface area contributed by atoms with Crippen molar-refractivity contribution in [2.75, 3.05) is 19.3 Å². The van der Waals surface area contributed by atoms with Gasteiger partial charge in [-0.15, -0.1) is 12.4 Å². The smallest absolute Gasteiger partial charge is 0.254 e. The summed E-state index contributed by atoms with van der Waals surface area (Å²) < 4.78 is 13.6. The van der Waals surface area contributed by atoms with Gasteiger partial charge in [-0.3, -0.25) is 4.79 Å². The van der Waals surface area contributed by atoms with Gasteiger partial charge in [0.2, 0.25) is 0 Å². The van der Waals surface area contributed by atoms with Crippen LogP contribution in [-0.4, -0.2) is 36.2 Å². The number of nitrogens with zero attached hydrogens (tertiary/aromatic N) is 1. The van der Waals surface area contributed by atoms with Crippen LogP contribution in [0.2, 0.25) is 0 Å². The van der Waals surface area contributed by atoms with Gasteiger partial charge in [0.15, 0.2) is 0 Å². The van der Waals surface area contributed by atoms with Crippen LogP contribution < -0.4 is 5.73 Å². The van der Waals surface area contributed by atoms with E-state index >= 15 is 0 Å². The molecule has 2 N–H and O–H groups in total. The molecular weight excluding hydrogens is 311 g/mol. The Kier molecular flexibility index (Phi) is 6.97. The predicted molar refractivity (Wildman–Crippen MR) is 88.5 cm³/mol. The molecule has 0 bridgehead atoms. The van der Waals surface area contributed by atoms with Crippen molar-refractivity contribution >= 4 is 30.1 Å². The van der Waals surface area contributed by atoms with Crippen molar-refractivity contribution < 1.29 is 9.18 Å². The van der Waals surface area contributed by atoms with Gasteiger partial charge >= 0.3 is 0 Å². The standard InChI is InChI=1S/C15H21FN2OS.ClH/c1-10-5-11(7-17)8-18(10)15(19)12-3-4-14(16)13(6-12)9-20-2;/h3-4,6,10-11H,5,7-9,17H2,1-2H3;1H. The Hall–Kier alpha value is -0.780. The molecule has 1 amide bonds. The van der Waals surface area contributed by atoms with Crippen molar-refractivity contribution in [2.45, 2.75) is 25.1 Å². The summed E-state index contributed by atoms with van der Waals surface area (Å²) in [6.07, 6.45) is 2.86. The van der Waals surface area contributed by atoms with Crippen LogP contribution in [0, 0.1) is 11.7 Å². The molecular formula is C15H22ClFN2OS. The number of carbonyl (C=O) groups is 1. The van der Waals surface area contributed by atoms with E-state index in [0.29, 0.717) is 35.9 Å². The number of thioether (sulfide) groups is 1. The van der Waals surface area contributed by atoms with Gasteiger partial charge in [0.05, 0.1) is 0 Å². The third-order valence-electron chi connectivity index (χ3n) is 3.85. The number of hydrogen-bond acceptors (Lipinski definition) is 3. The fourth-order valence-corrected chi connectivity index (χ4v) is 3.27. The molecule has 2 atom stereocenters. The zero-order valence-electron chi connectivity index (χ0n) is 12.3. The van der Waals surface area contributed by atoms with Gasteiger partial charge in [0.25, 0.3) is 5.91 Å². The molecule has 0 spiro atoms. The molecule has 2 rings (SSSR count). The molecule has 6 heteroatoms. The Bertz CT molecular complexity index is 501. The molecule has 1 aromatic rings. The molecule has 0 aromatic heterocycles. The molecule has 118 valence electrons. The molecule has 21 heavy (non-hydrogen) atoms. The highest BCUT2D eigenvalue weighted by atomic mass is 35.5. The quantitative estimate of drug-likeness (QED) is 0.922. The summed E-state index contributed by atoms with van der Waals surface area (Å²) in [5.74, 6) is 0.689. The number of amides is 1. The Labute approximate surface area is 135 Å². The Morgan fingerprint density at radius 2 is 2.24 bits per heavy atom. The molecule has 1 aliphatic rings. The third-order valence-corrected chi connectivity index (χ3v) is 4.45. The van der Waals surface area contributed by atoms with E-state index in [2.05, 4.69) is 0 Å². The van der Waals surface area contributed by atoms with Gasteiger partial charge in [0, 0.05) is 23.9 Å². The van der Waals surface area contributed by atoms with E-state index in [1.807, 2.05) is 18.1 Å². The minimum absolute atomic E-state index is 0. The first kappa shape index (κ1) is 18.3. The number of nitrogens with two attached hydrogens (primary N) is 1. The minimum Gasteiger partial charge on any atom is -0.336 e. The van der Waals surface area contributed by atoms with Crippen molar-refractivity contribution in [3.63, 3.8) is 0 Å². The van der Waals surface area contributed by atoms with Crippen LogP contribution in [-0.2, 0) is 5.75 Å². The molecule has 0 radical (unpaired) electrons. The fraction of sp³-hybridized carbons (Fsp3) is 0.533. The average Bonchev–Trinajstić information content (AvgIpc) is 2.82. The highest BCUT2D eigenvalue weighted by Gasteiger charge is 2.32. The van der Waals surface area contributed by atoms with E-state index in [4.69, 9.17) is 5.73 Å². The Morgan fingerprint density at radius 3 is 2.81 bits per heavy atom. The molecule has 1 aliphatic heterocycles. The number of benzene rings is 1. The lowest BCUT2D eigenvalue weighted by molar-refractivity contribution is 0.0743. The van der Waals surface area contributed by atoms with Gasteiger partial charge in [0.1, 0.15) is 5.82 Å². The summed E-state index contributed by atoms with van der Waals surface area (Å²) in [4.78, 5) is 14.4. The first-order valence-corrected chi connectivity index (χ1v) is 8.24. The second-order valence-electron chi connectivity index (χ2n) is 5.38. The number of likely N-dealkylation sites (tertiary alicyclic amines) is 1. The van der Waals surface area contributed by atoms with Gasteiger partial charge in [-0.2, -0.15) is 11.8 Å². The zero-order chi connectivity index (χ0) is 14.7. The highest BCUT2D eigenvalue weighted by molar-refractivity contribution is 7.97. The summed E-state index contributed by atoms with van der Waals surface area (Å²) in [6, 6.07) is 4.84. The van der Waals surface area contributed by atoms with Crippen molar-refractivity contribution in [1.82, 2.24) is 4.90 Å². The first-order chi connectivity index (χ1) is 9.56. The monoisotopic (exact) mass is 332 g/mol. The summed E-state index contributed by atoms with van der Waals surface area (Å²) in [6.45, 7) is 3.35. The second-order valence-corrected chi connectivity index (χ2v) is 6.25. The fourth-order valence-electron chi connectivity index (χ4n) is 2.74. The number of halogens is 2. The SMILES string of the molecule is CSCc1cc(C(=O)N2CC(CN)CC2C)ccc1F.Cl. The van der Waals surface area contributed by atoms with Gasteiger partial charge in [-0.05, 0) is 55.8 Å². The van der Waals surface area contributed by atoms with Crippen LogP contribution in [0.3, 0.4) is 0 Å².